The number of amides is 2. The van der Waals surface area contributed by atoms with Gasteiger partial charge in [-0.05, 0) is 59.9 Å². The number of carbonyl (C=O) groups is 2. The Morgan fingerprint density at radius 1 is 1.10 bits per heavy atom. The van der Waals surface area contributed by atoms with Gasteiger partial charge in [0.25, 0.3) is 0 Å². The lowest BCUT2D eigenvalue weighted by atomic mass is 9.96. The molecule has 6 N–H and O–H groups in total. The van der Waals surface area contributed by atoms with E-state index in [-0.39, 0.29) is 17.7 Å². The molecule has 0 radical (unpaired) electrons. The summed E-state index contributed by atoms with van der Waals surface area (Å²) in [6.07, 6.45) is 3.23. The number of benzene rings is 2. The van der Waals surface area contributed by atoms with Gasteiger partial charge >= 0.3 is 0 Å². The molecule has 7 heteroatoms. The molecular formula is C24H27N5O2. The van der Waals surface area contributed by atoms with E-state index in [1.807, 2.05) is 36.4 Å². The Kier molecular flexibility index (Phi) is 5.86. The molecule has 31 heavy (non-hydrogen) atoms. The monoisotopic (exact) mass is 417 g/mol. The summed E-state index contributed by atoms with van der Waals surface area (Å²) in [7, 11) is 0. The molecule has 1 aromatic heterocycles. The summed E-state index contributed by atoms with van der Waals surface area (Å²) in [6, 6.07) is 14.5. The first-order valence-corrected chi connectivity index (χ1v) is 10.5. The third-order valence-corrected chi connectivity index (χ3v) is 5.97. The summed E-state index contributed by atoms with van der Waals surface area (Å²) in [5.41, 5.74) is 15.5. The molecule has 3 aromatic rings. The lowest BCUT2D eigenvalue weighted by molar-refractivity contribution is -0.129. The standard InChI is InChI=1S/C24H27N5O2/c1-14(29-24(31)21(25)19-11-16-4-2-3-5-17(16)12-19)23(30)28-13-15-6-7-20-18(10-15)8-9-27-22(20)26/h2-10,14,19,21H,11-13,25H2,1H3,(H2,26,27)(H,28,30)(H,29,31)/t14-,21+/m0/s1. The molecule has 1 aliphatic carbocycles. The van der Waals surface area contributed by atoms with Crippen molar-refractivity contribution in [1.29, 1.82) is 0 Å². The second kappa shape index (κ2) is 8.73. The lowest BCUT2D eigenvalue weighted by Crippen LogP contribution is -2.52. The lowest BCUT2D eigenvalue weighted by Gasteiger charge is -2.21. The fraction of sp³-hybridized carbons (Fsp3) is 0.292. The summed E-state index contributed by atoms with van der Waals surface area (Å²) in [6.45, 7) is 2.01. The summed E-state index contributed by atoms with van der Waals surface area (Å²) in [5, 5.41) is 7.46. The van der Waals surface area contributed by atoms with Gasteiger partial charge in [0.2, 0.25) is 11.8 Å². The molecule has 0 unspecified atom stereocenters. The normalized spacial score (nSPS) is 15.3. The van der Waals surface area contributed by atoms with Crippen LogP contribution >= 0.6 is 0 Å². The van der Waals surface area contributed by atoms with E-state index >= 15 is 0 Å². The number of nitrogens with one attached hydrogen (secondary N) is 2. The van der Waals surface area contributed by atoms with Crippen molar-refractivity contribution in [3.63, 3.8) is 0 Å². The predicted molar refractivity (Wildman–Crippen MR) is 121 cm³/mol. The van der Waals surface area contributed by atoms with Crippen LogP contribution in [0.5, 0.6) is 0 Å². The van der Waals surface area contributed by atoms with Gasteiger partial charge < -0.3 is 22.1 Å². The largest absolute Gasteiger partial charge is 0.383 e. The zero-order valence-electron chi connectivity index (χ0n) is 17.5. The SMILES string of the molecule is C[C@H](NC(=O)[C@H](N)C1Cc2ccccc2C1)C(=O)NCc1ccc2c(N)nccc2c1. The molecule has 0 saturated carbocycles. The number of nitrogens with two attached hydrogens (primary N) is 2. The van der Waals surface area contributed by atoms with Crippen LogP contribution in [0.25, 0.3) is 10.8 Å². The van der Waals surface area contributed by atoms with Crippen LogP contribution in [-0.2, 0) is 29.0 Å². The van der Waals surface area contributed by atoms with E-state index in [4.69, 9.17) is 11.5 Å². The topological polar surface area (TPSA) is 123 Å². The number of pyridine rings is 1. The molecule has 0 bridgehead atoms. The smallest absolute Gasteiger partial charge is 0.242 e. The Morgan fingerprint density at radius 2 is 1.81 bits per heavy atom. The fourth-order valence-electron chi connectivity index (χ4n) is 4.14. The van der Waals surface area contributed by atoms with Crippen molar-refractivity contribution in [1.82, 2.24) is 15.6 Å². The Labute approximate surface area is 181 Å². The van der Waals surface area contributed by atoms with Gasteiger partial charge in [-0.2, -0.15) is 0 Å². The van der Waals surface area contributed by atoms with Crippen LogP contribution in [0.15, 0.2) is 54.7 Å². The van der Waals surface area contributed by atoms with Crippen LogP contribution in [0.4, 0.5) is 5.82 Å². The van der Waals surface area contributed by atoms with Gasteiger partial charge in [-0.15, -0.1) is 0 Å². The third-order valence-electron chi connectivity index (χ3n) is 5.97. The van der Waals surface area contributed by atoms with Crippen molar-refractivity contribution in [3.05, 3.63) is 71.4 Å². The highest BCUT2D eigenvalue weighted by atomic mass is 16.2. The van der Waals surface area contributed by atoms with E-state index in [1.54, 1.807) is 13.1 Å². The molecule has 7 nitrogen and oxygen atoms in total. The maximum Gasteiger partial charge on any atom is 0.242 e. The minimum atomic E-state index is -0.678. The molecular weight excluding hydrogens is 390 g/mol. The summed E-state index contributed by atoms with van der Waals surface area (Å²) < 4.78 is 0. The van der Waals surface area contributed by atoms with Crippen molar-refractivity contribution in [2.45, 2.75) is 38.4 Å². The number of hydrogen-bond donors (Lipinski definition) is 4. The maximum absolute atomic E-state index is 12.6. The molecule has 2 aromatic carbocycles. The number of anilines is 1. The van der Waals surface area contributed by atoms with E-state index in [1.165, 1.54) is 11.1 Å². The molecule has 2 amide bonds. The van der Waals surface area contributed by atoms with E-state index in [2.05, 4.69) is 27.8 Å². The second-order valence-corrected chi connectivity index (χ2v) is 8.16. The first kappa shape index (κ1) is 20.8. The average Bonchev–Trinajstić information content (AvgIpc) is 3.21. The molecule has 0 aliphatic heterocycles. The Hall–Kier alpha value is -3.45. The van der Waals surface area contributed by atoms with Crippen LogP contribution in [0.2, 0.25) is 0 Å². The van der Waals surface area contributed by atoms with Gasteiger partial charge in [-0.3, -0.25) is 9.59 Å². The van der Waals surface area contributed by atoms with Crippen molar-refractivity contribution in [2.24, 2.45) is 11.7 Å². The van der Waals surface area contributed by atoms with E-state index in [9.17, 15) is 9.59 Å². The van der Waals surface area contributed by atoms with Gasteiger partial charge in [0.15, 0.2) is 0 Å². The number of fused-ring (bicyclic) bond motifs is 2. The van der Waals surface area contributed by atoms with Gasteiger partial charge in [0.1, 0.15) is 11.9 Å². The van der Waals surface area contributed by atoms with E-state index in [0.29, 0.717) is 12.4 Å². The number of nitrogen functional groups attached to an aromatic ring is 1. The van der Waals surface area contributed by atoms with Crippen LogP contribution in [0, 0.1) is 5.92 Å². The highest BCUT2D eigenvalue weighted by Gasteiger charge is 2.31. The Morgan fingerprint density at radius 3 is 2.52 bits per heavy atom. The number of rotatable bonds is 6. The number of aromatic nitrogens is 1. The number of carbonyl (C=O) groups excluding carboxylic acids is 2. The molecule has 2 atom stereocenters. The van der Waals surface area contributed by atoms with Gasteiger partial charge in [-0.25, -0.2) is 4.98 Å². The van der Waals surface area contributed by atoms with Crippen molar-refractivity contribution in [3.8, 4) is 0 Å². The number of nitrogens with zero attached hydrogens (tertiary/aromatic N) is 1. The second-order valence-electron chi connectivity index (χ2n) is 8.16. The summed E-state index contributed by atoms with van der Waals surface area (Å²) in [5.74, 6) is -0.0305. The van der Waals surface area contributed by atoms with Crippen LogP contribution in [0.3, 0.4) is 0 Å². The molecule has 0 saturated heterocycles. The molecule has 0 spiro atoms. The summed E-state index contributed by atoms with van der Waals surface area (Å²) >= 11 is 0. The molecule has 4 rings (SSSR count). The Bertz CT molecular complexity index is 1100. The van der Waals surface area contributed by atoms with Crippen LogP contribution in [-0.4, -0.2) is 28.9 Å². The zero-order chi connectivity index (χ0) is 22.0. The first-order chi connectivity index (χ1) is 14.9. The maximum atomic E-state index is 12.6. The molecule has 1 aliphatic rings. The van der Waals surface area contributed by atoms with Crippen LogP contribution in [0.1, 0.15) is 23.6 Å². The fourth-order valence-corrected chi connectivity index (χ4v) is 4.14. The number of hydrogen-bond acceptors (Lipinski definition) is 5. The Balaban J connectivity index is 1.30. The molecule has 1 heterocycles. The van der Waals surface area contributed by atoms with Crippen molar-refractivity contribution >= 4 is 28.4 Å². The van der Waals surface area contributed by atoms with Gasteiger partial charge in [-0.1, -0.05) is 36.4 Å². The predicted octanol–water partition coefficient (Wildman–Crippen LogP) is 1.68. The quantitative estimate of drug-likeness (QED) is 0.486. The van der Waals surface area contributed by atoms with Crippen LogP contribution < -0.4 is 22.1 Å². The highest BCUT2D eigenvalue weighted by molar-refractivity contribution is 5.91. The average molecular weight is 418 g/mol. The third kappa shape index (κ3) is 4.51. The van der Waals surface area contributed by atoms with E-state index < -0.39 is 12.1 Å². The van der Waals surface area contributed by atoms with Crippen molar-refractivity contribution < 1.29 is 9.59 Å². The summed E-state index contributed by atoms with van der Waals surface area (Å²) in [4.78, 5) is 29.2. The molecule has 0 fully saturated rings. The highest BCUT2D eigenvalue weighted by Crippen LogP contribution is 2.28. The molecule has 160 valence electrons. The first-order valence-electron chi connectivity index (χ1n) is 10.5. The van der Waals surface area contributed by atoms with Gasteiger partial charge in [0, 0.05) is 18.1 Å². The minimum Gasteiger partial charge on any atom is -0.383 e. The van der Waals surface area contributed by atoms with Crippen molar-refractivity contribution in [2.75, 3.05) is 5.73 Å². The van der Waals surface area contributed by atoms with E-state index in [0.717, 1.165) is 29.2 Å². The zero-order valence-corrected chi connectivity index (χ0v) is 17.5. The van der Waals surface area contributed by atoms with Gasteiger partial charge in [0.05, 0.1) is 6.04 Å². The minimum absolute atomic E-state index is 0.0483.